The molecule has 0 aromatic carbocycles. The Kier molecular flexibility index (Phi) is 6.82. The van der Waals surface area contributed by atoms with Crippen LogP contribution in [0.3, 0.4) is 0 Å². The summed E-state index contributed by atoms with van der Waals surface area (Å²) in [5.41, 5.74) is 1.45. The van der Waals surface area contributed by atoms with Crippen LogP contribution in [0.25, 0.3) is 0 Å². The maximum atomic E-state index is 4.30. The van der Waals surface area contributed by atoms with E-state index < -0.39 is 0 Å². The zero-order valence-electron chi connectivity index (χ0n) is 13.0. The third kappa shape index (κ3) is 6.55. The standard InChI is InChI=1S/C16H29N3/c1-5-7-8-10-16(3,4)12-17-15-11-14(9-6-2)18-13-19-15/h11,13H,5-10,12H2,1-4H3,(H,17,18,19). The third-order valence-electron chi connectivity index (χ3n) is 3.44. The van der Waals surface area contributed by atoms with Crippen molar-refractivity contribution >= 4 is 5.82 Å². The van der Waals surface area contributed by atoms with Crippen LogP contribution in [0.5, 0.6) is 0 Å². The van der Waals surface area contributed by atoms with Crippen LogP contribution in [0.4, 0.5) is 5.82 Å². The SMILES string of the molecule is CCCCCC(C)(C)CNc1cc(CCC)ncn1. The predicted octanol–water partition coefficient (Wildman–Crippen LogP) is 4.45. The molecule has 19 heavy (non-hydrogen) atoms. The fourth-order valence-electron chi connectivity index (χ4n) is 2.16. The lowest BCUT2D eigenvalue weighted by Crippen LogP contribution is -2.23. The molecule has 0 saturated carbocycles. The molecule has 0 unspecified atom stereocenters. The normalized spacial score (nSPS) is 11.6. The number of unbranched alkanes of at least 4 members (excludes halogenated alkanes) is 2. The molecule has 0 radical (unpaired) electrons. The number of rotatable bonds is 9. The Morgan fingerprint density at radius 2 is 1.89 bits per heavy atom. The van der Waals surface area contributed by atoms with E-state index in [0.29, 0.717) is 5.41 Å². The molecule has 1 rings (SSSR count). The van der Waals surface area contributed by atoms with E-state index >= 15 is 0 Å². The molecule has 1 aromatic rings. The van der Waals surface area contributed by atoms with Gasteiger partial charge in [-0.1, -0.05) is 53.4 Å². The summed E-state index contributed by atoms with van der Waals surface area (Å²) in [6.07, 6.45) is 9.01. The summed E-state index contributed by atoms with van der Waals surface area (Å²) in [6, 6.07) is 2.08. The molecule has 1 N–H and O–H groups in total. The first-order valence-electron chi connectivity index (χ1n) is 7.62. The molecule has 0 aliphatic heterocycles. The van der Waals surface area contributed by atoms with E-state index in [-0.39, 0.29) is 0 Å². The Morgan fingerprint density at radius 1 is 1.11 bits per heavy atom. The highest BCUT2D eigenvalue weighted by atomic mass is 15.0. The average molecular weight is 263 g/mol. The van der Waals surface area contributed by atoms with Crippen LogP contribution < -0.4 is 5.32 Å². The van der Waals surface area contributed by atoms with E-state index in [1.165, 1.54) is 25.7 Å². The van der Waals surface area contributed by atoms with Crippen LogP contribution in [0.2, 0.25) is 0 Å². The van der Waals surface area contributed by atoms with Crippen molar-refractivity contribution < 1.29 is 0 Å². The number of anilines is 1. The Bertz CT molecular complexity index is 361. The van der Waals surface area contributed by atoms with E-state index in [0.717, 1.165) is 30.9 Å². The minimum Gasteiger partial charge on any atom is -0.369 e. The molecular weight excluding hydrogens is 234 g/mol. The van der Waals surface area contributed by atoms with E-state index in [1.807, 2.05) is 0 Å². The Labute approximate surface area is 118 Å². The second-order valence-corrected chi connectivity index (χ2v) is 6.12. The van der Waals surface area contributed by atoms with Gasteiger partial charge in [0.15, 0.2) is 0 Å². The molecule has 0 aliphatic carbocycles. The van der Waals surface area contributed by atoms with Gasteiger partial charge in [0.2, 0.25) is 0 Å². The van der Waals surface area contributed by atoms with Crippen LogP contribution in [0, 0.1) is 5.41 Å². The van der Waals surface area contributed by atoms with Gasteiger partial charge in [0.05, 0.1) is 0 Å². The summed E-state index contributed by atoms with van der Waals surface area (Å²) >= 11 is 0. The summed E-state index contributed by atoms with van der Waals surface area (Å²) in [7, 11) is 0. The van der Waals surface area contributed by atoms with Crippen LogP contribution in [0.1, 0.15) is 65.5 Å². The summed E-state index contributed by atoms with van der Waals surface area (Å²) in [4.78, 5) is 8.58. The quantitative estimate of drug-likeness (QED) is 0.669. The highest BCUT2D eigenvalue weighted by Gasteiger charge is 2.17. The molecule has 0 bridgehead atoms. The fourth-order valence-corrected chi connectivity index (χ4v) is 2.16. The van der Waals surface area contributed by atoms with Gasteiger partial charge in [-0.2, -0.15) is 0 Å². The zero-order valence-corrected chi connectivity index (χ0v) is 13.0. The fraction of sp³-hybridized carbons (Fsp3) is 0.750. The molecule has 1 aromatic heterocycles. The lowest BCUT2D eigenvalue weighted by molar-refractivity contribution is 0.342. The number of aromatic nitrogens is 2. The van der Waals surface area contributed by atoms with Crippen molar-refractivity contribution in [2.75, 3.05) is 11.9 Å². The minimum absolute atomic E-state index is 0.324. The van der Waals surface area contributed by atoms with Crippen LogP contribution in [0.15, 0.2) is 12.4 Å². The molecular formula is C16H29N3. The minimum atomic E-state index is 0.324. The highest BCUT2D eigenvalue weighted by molar-refractivity contribution is 5.35. The van der Waals surface area contributed by atoms with Crippen molar-refractivity contribution in [1.29, 1.82) is 0 Å². The Morgan fingerprint density at radius 3 is 2.58 bits per heavy atom. The lowest BCUT2D eigenvalue weighted by atomic mass is 9.87. The van der Waals surface area contributed by atoms with Gasteiger partial charge >= 0.3 is 0 Å². The molecule has 0 aliphatic rings. The largest absolute Gasteiger partial charge is 0.369 e. The first-order chi connectivity index (χ1) is 9.07. The summed E-state index contributed by atoms with van der Waals surface area (Å²) in [5.74, 6) is 0.960. The van der Waals surface area contributed by atoms with Crippen LogP contribution in [-0.2, 0) is 6.42 Å². The number of hydrogen-bond donors (Lipinski definition) is 1. The van der Waals surface area contributed by atoms with Gasteiger partial charge in [0.25, 0.3) is 0 Å². The molecule has 0 fully saturated rings. The summed E-state index contributed by atoms with van der Waals surface area (Å²) < 4.78 is 0. The van der Waals surface area contributed by atoms with Crippen molar-refractivity contribution in [3.05, 3.63) is 18.1 Å². The van der Waals surface area contributed by atoms with Crippen molar-refractivity contribution in [3.63, 3.8) is 0 Å². The monoisotopic (exact) mass is 263 g/mol. The number of aryl methyl sites for hydroxylation is 1. The van der Waals surface area contributed by atoms with Crippen molar-refractivity contribution in [3.8, 4) is 0 Å². The summed E-state index contributed by atoms with van der Waals surface area (Å²) in [6.45, 7) is 10.0. The zero-order chi connectivity index (χ0) is 14.1. The first-order valence-corrected chi connectivity index (χ1v) is 7.62. The molecule has 1 heterocycles. The first kappa shape index (κ1) is 15.9. The Balaban J connectivity index is 2.44. The summed E-state index contributed by atoms with van der Waals surface area (Å²) in [5, 5.41) is 3.46. The van der Waals surface area contributed by atoms with Crippen LogP contribution in [-0.4, -0.2) is 16.5 Å². The van der Waals surface area contributed by atoms with Gasteiger partial charge in [-0.3, -0.25) is 0 Å². The van der Waals surface area contributed by atoms with Crippen molar-refractivity contribution in [2.24, 2.45) is 5.41 Å². The van der Waals surface area contributed by atoms with E-state index in [4.69, 9.17) is 0 Å². The van der Waals surface area contributed by atoms with Gasteiger partial charge in [-0.05, 0) is 18.3 Å². The lowest BCUT2D eigenvalue weighted by Gasteiger charge is -2.25. The Hall–Kier alpha value is -1.12. The van der Waals surface area contributed by atoms with Crippen molar-refractivity contribution in [1.82, 2.24) is 9.97 Å². The predicted molar refractivity (Wildman–Crippen MR) is 82.4 cm³/mol. The highest BCUT2D eigenvalue weighted by Crippen LogP contribution is 2.24. The van der Waals surface area contributed by atoms with Gasteiger partial charge in [0.1, 0.15) is 12.1 Å². The molecule has 0 spiro atoms. The van der Waals surface area contributed by atoms with Gasteiger partial charge in [-0.25, -0.2) is 9.97 Å². The van der Waals surface area contributed by atoms with E-state index in [2.05, 4.69) is 49.0 Å². The molecule has 0 amide bonds. The van der Waals surface area contributed by atoms with Crippen LogP contribution >= 0.6 is 0 Å². The number of hydrogen-bond acceptors (Lipinski definition) is 3. The average Bonchev–Trinajstić information content (AvgIpc) is 2.38. The maximum absolute atomic E-state index is 4.30. The smallest absolute Gasteiger partial charge is 0.129 e. The topological polar surface area (TPSA) is 37.8 Å². The molecule has 3 nitrogen and oxygen atoms in total. The molecule has 0 saturated heterocycles. The van der Waals surface area contributed by atoms with Crippen molar-refractivity contribution in [2.45, 2.75) is 66.2 Å². The van der Waals surface area contributed by atoms with E-state index in [1.54, 1.807) is 6.33 Å². The second kappa shape index (κ2) is 8.13. The number of nitrogens with zero attached hydrogens (tertiary/aromatic N) is 2. The van der Waals surface area contributed by atoms with E-state index in [9.17, 15) is 0 Å². The van der Waals surface area contributed by atoms with Gasteiger partial charge < -0.3 is 5.32 Å². The van der Waals surface area contributed by atoms with Gasteiger partial charge in [-0.15, -0.1) is 0 Å². The number of nitrogens with one attached hydrogen (secondary N) is 1. The maximum Gasteiger partial charge on any atom is 0.129 e. The molecule has 108 valence electrons. The third-order valence-corrected chi connectivity index (χ3v) is 3.44. The molecule has 3 heteroatoms. The second-order valence-electron chi connectivity index (χ2n) is 6.12. The van der Waals surface area contributed by atoms with Gasteiger partial charge in [0, 0.05) is 18.3 Å². The molecule has 0 atom stereocenters.